The third-order valence-corrected chi connectivity index (χ3v) is 13.9. The molecule has 3 saturated carbocycles. The SMILES string of the molecule is CC(C)CCCCC1CCC2C3CC=C4CC(SCC(=O)NC(C)(C)CCOC(C)(C)CC(=O)O)CCC4(C)C3CCC12C. The maximum Gasteiger partial charge on any atom is 0.306 e. The lowest BCUT2D eigenvalue weighted by Gasteiger charge is -2.58. The van der Waals surface area contributed by atoms with Gasteiger partial charge in [-0.25, -0.2) is 0 Å². The first-order valence-corrected chi connectivity index (χ1v) is 19.1. The van der Waals surface area contributed by atoms with E-state index in [-0.39, 0.29) is 12.3 Å². The van der Waals surface area contributed by atoms with E-state index >= 15 is 0 Å². The lowest BCUT2D eigenvalue weighted by Crippen LogP contribution is -2.50. The first-order valence-electron chi connectivity index (χ1n) is 18.0. The number of hydrogen-bond donors (Lipinski definition) is 2. The maximum atomic E-state index is 13.0. The van der Waals surface area contributed by atoms with Gasteiger partial charge in [0.1, 0.15) is 0 Å². The number of allylic oxidation sites excluding steroid dienone is 2. The van der Waals surface area contributed by atoms with Gasteiger partial charge in [0, 0.05) is 17.4 Å². The van der Waals surface area contributed by atoms with Crippen molar-refractivity contribution in [3.8, 4) is 0 Å². The Hall–Kier alpha value is -1.01. The summed E-state index contributed by atoms with van der Waals surface area (Å²) in [5.41, 5.74) is 1.52. The number of hydrogen-bond acceptors (Lipinski definition) is 4. The second-order valence-electron chi connectivity index (χ2n) is 17.3. The van der Waals surface area contributed by atoms with Crippen LogP contribution in [0.2, 0.25) is 0 Å². The Morgan fingerprint density at radius 1 is 1.07 bits per heavy atom. The molecule has 0 aromatic heterocycles. The van der Waals surface area contributed by atoms with Gasteiger partial charge in [0.15, 0.2) is 0 Å². The van der Waals surface area contributed by atoms with Gasteiger partial charge in [-0.05, 0) is 132 Å². The van der Waals surface area contributed by atoms with Gasteiger partial charge in [-0.1, -0.05) is 58.6 Å². The number of aliphatic carboxylic acids is 1. The zero-order chi connectivity index (χ0) is 32.3. The van der Waals surface area contributed by atoms with Crippen LogP contribution >= 0.6 is 11.8 Å². The fourth-order valence-corrected chi connectivity index (χ4v) is 11.0. The van der Waals surface area contributed by atoms with Gasteiger partial charge in [0.2, 0.25) is 5.91 Å². The smallest absolute Gasteiger partial charge is 0.306 e. The number of fused-ring (bicyclic) bond motifs is 5. The molecule has 0 aromatic rings. The van der Waals surface area contributed by atoms with Crippen LogP contribution in [0.1, 0.15) is 145 Å². The van der Waals surface area contributed by atoms with Crippen molar-refractivity contribution in [2.24, 2.45) is 40.4 Å². The van der Waals surface area contributed by atoms with Gasteiger partial charge in [0.05, 0.1) is 17.8 Å². The van der Waals surface area contributed by atoms with Crippen molar-refractivity contribution in [2.45, 2.75) is 162 Å². The molecule has 0 aliphatic heterocycles. The van der Waals surface area contributed by atoms with E-state index in [9.17, 15) is 9.59 Å². The molecule has 0 bridgehead atoms. The van der Waals surface area contributed by atoms with E-state index in [1.54, 1.807) is 19.4 Å². The molecule has 4 aliphatic carbocycles. The van der Waals surface area contributed by atoms with E-state index in [4.69, 9.17) is 9.84 Å². The Kier molecular flexibility index (Phi) is 11.7. The van der Waals surface area contributed by atoms with Crippen molar-refractivity contribution >= 4 is 23.6 Å². The van der Waals surface area contributed by atoms with Crippen LogP contribution in [0, 0.1) is 40.4 Å². The van der Waals surface area contributed by atoms with Crippen LogP contribution in [0.15, 0.2) is 11.6 Å². The van der Waals surface area contributed by atoms with Crippen molar-refractivity contribution in [3.05, 3.63) is 11.6 Å². The molecule has 44 heavy (non-hydrogen) atoms. The van der Waals surface area contributed by atoms with Gasteiger partial charge in [-0.15, -0.1) is 11.8 Å². The van der Waals surface area contributed by atoms with Gasteiger partial charge < -0.3 is 15.2 Å². The van der Waals surface area contributed by atoms with E-state index < -0.39 is 17.1 Å². The van der Waals surface area contributed by atoms with Crippen LogP contribution in [-0.4, -0.2) is 45.7 Å². The molecule has 7 unspecified atom stereocenters. The molecule has 0 spiro atoms. The highest BCUT2D eigenvalue weighted by molar-refractivity contribution is 8.00. The molecule has 0 radical (unpaired) electrons. The molecule has 0 saturated heterocycles. The summed E-state index contributed by atoms with van der Waals surface area (Å²) < 4.78 is 5.83. The molecular weight excluding hydrogens is 566 g/mol. The highest BCUT2D eigenvalue weighted by Gasteiger charge is 2.58. The number of amides is 1. The Balaban J connectivity index is 1.25. The third kappa shape index (κ3) is 8.66. The third-order valence-electron chi connectivity index (χ3n) is 12.6. The standard InChI is InChI=1S/C38H65NO4S/c1-26(2)11-9-10-12-27-14-16-31-30-15-13-28-23-29(17-19-38(28,8)32(30)18-20-37(27,31)7)44-25-33(40)39-35(3,4)21-22-43-36(5,6)24-34(41)42/h13,26-27,29-32H,9-12,14-25H2,1-8H3,(H,39,40)(H,41,42). The minimum atomic E-state index is -0.863. The van der Waals surface area contributed by atoms with Crippen LogP contribution in [0.3, 0.4) is 0 Å². The minimum absolute atomic E-state index is 0.0339. The summed E-state index contributed by atoms with van der Waals surface area (Å²) in [7, 11) is 0. The zero-order valence-electron chi connectivity index (χ0n) is 29.4. The molecule has 6 heteroatoms. The number of unbranched alkanes of at least 4 members (excludes halogenated alkanes) is 1. The predicted octanol–water partition coefficient (Wildman–Crippen LogP) is 9.44. The fourth-order valence-electron chi connectivity index (χ4n) is 9.96. The molecule has 7 atom stereocenters. The van der Waals surface area contributed by atoms with E-state index in [0.29, 0.717) is 34.9 Å². The largest absolute Gasteiger partial charge is 0.481 e. The molecule has 4 aliphatic rings. The summed E-state index contributed by atoms with van der Waals surface area (Å²) in [6, 6.07) is 0. The summed E-state index contributed by atoms with van der Waals surface area (Å²) in [5.74, 6) is 4.13. The van der Waals surface area contributed by atoms with Crippen molar-refractivity contribution < 1.29 is 19.4 Å². The maximum absolute atomic E-state index is 13.0. The van der Waals surface area contributed by atoms with Crippen LogP contribution in [-0.2, 0) is 14.3 Å². The fraction of sp³-hybridized carbons (Fsp3) is 0.895. The average molecular weight is 632 g/mol. The average Bonchev–Trinajstić information content (AvgIpc) is 3.24. The zero-order valence-corrected chi connectivity index (χ0v) is 30.3. The molecule has 4 rings (SSSR count). The van der Waals surface area contributed by atoms with Crippen LogP contribution in [0.5, 0.6) is 0 Å². The normalized spacial score (nSPS) is 33.8. The second-order valence-corrected chi connectivity index (χ2v) is 18.6. The van der Waals surface area contributed by atoms with Crippen molar-refractivity contribution in [2.75, 3.05) is 12.4 Å². The first-order chi connectivity index (χ1) is 20.5. The quantitative estimate of drug-likeness (QED) is 0.139. The van der Waals surface area contributed by atoms with E-state index in [1.807, 2.05) is 25.6 Å². The van der Waals surface area contributed by atoms with E-state index in [1.165, 1.54) is 70.6 Å². The predicted molar refractivity (Wildman–Crippen MR) is 184 cm³/mol. The monoisotopic (exact) mass is 631 g/mol. The second kappa shape index (κ2) is 14.4. The van der Waals surface area contributed by atoms with Crippen molar-refractivity contribution in [1.82, 2.24) is 5.32 Å². The number of nitrogens with one attached hydrogen (secondary N) is 1. The lowest BCUT2D eigenvalue weighted by molar-refractivity contribution is -0.143. The molecule has 0 aromatic carbocycles. The summed E-state index contributed by atoms with van der Waals surface area (Å²) in [6.45, 7) is 18.1. The first kappa shape index (κ1) is 35.8. The molecule has 2 N–H and O–H groups in total. The van der Waals surface area contributed by atoms with Crippen LogP contribution in [0.4, 0.5) is 0 Å². The summed E-state index contributed by atoms with van der Waals surface area (Å²) >= 11 is 1.84. The Bertz CT molecular complexity index is 1040. The summed E-state index contributed by atoms with van der Waals surface area (Å²) in [6.07, 6.45) is 19.7. The number of ether oxygens (including phenoxy) is 1. The topological polar surface area (TPSA) is 75.6 Å². The van der Waals surface area contributed by atoms with E-state index in [0.717, 1.165) is 36.0 Å². The molecule has 252 valence electrons. The molecule has 1 amide bonds. The van der Waals surface area contributed by atoms with E-state index in [2.05, 4.69) is 39.1 Å². The van der Waals surface area contributed by atoms with Gasteiger partial charge in [-0.2, -0.15) is 0 Å². The van der Waals surface area contributed by atoms with Gasteiger partial charge >= 0.3 is 5.97 Å². The number of carboxylic acid groups (broad SMARTS) is 1. The van der Waals surface area contributed by atoms with Crippen LogP contribution < -0.4 is 5.32 Å². The Labute approximate surface area is 273 Å². The lowest BCUT2D eigenvalue weighted by atomic mass is 9.47. The Morgan fingerprint density at radius 3 is 2.52 bits per heavy atom. The van der Waals surface area contributed by atoms with Crippen molar-refractivity contribution in [3.63, 3.8) is 0 Å². The van der Waals surface area contributed by atoms with Crippen molar-refractivity contribution in [1.29, 1.82) is 0 Å². The van der Waals surface area contributed by atoms with Crippen LogP contribution in [0.25, 0.3) is 0 Å². The molecule has 0 heterocycles. The Morgan fingerprint density at radius 2 is 1.82 bits per heavy atom. The van der Waals surface area contributed by atoms with Gasteiger partial charge in [-0.3, -0.25) is 9.59 Å². The summed E-state index contributed by atoms with van der Waals surface area (Å²) in [4.78, 5) is 24.0. The van der Waals surface area contributed by atoms with Gasteiger partial charge in [0.25, 0.3) is 0 Å². The number of carbonyl (C=O) groups excluding carboxylic acids is 1. The number of thioether (sulfide) groups is 1. The summed E-state index contributed by atoms with van der Waals surface area (Å²) in [5, 5.41) is 12.8. The number of carboxylic acids is 1. The highest BCUT2D eigenvalue weighted by atomic mass is 32.2. The number of rotatable bonds is 15. The number of carbonyl (C=O) groups is 2. The minimum Gasteiger partial charge on any atom is -0.481 e. The molecular formula is C38H65NO4S. The molecule has 3 fully saturated rings. The highest BCUT2D eigenvalue weighted by Crippen LogP contribution is 2.67. The molecule has 5 nitrogen and oxygen atoms in total.